The first-order valence-electron chi connectivity index (χ1n) is 4.93. The fourth-order valence-electron chi connectivity index (χ4n) is 1.40. The van der Waals surface area contributed by atoms with Gasteiger partial charge in [0, 0.05) is 19.2 Å². The van der Waals surface area contributed by atoms with Crippen molar-refractivity contribution in [2.45, 2.75) is 39.3 Å². The molecule has 0 aromatic carbocycles. The summed E-state index contributed by atoms with van der Waals surface area (Å²) in [5.41, 5.74) is 0. The maximum Gasteiger partial charge on any atom is 0.391 e. The molecular formula is C11H16F3N. The fraction of sp³-hybridized carbons (Fsp3) is 0.727. The lowest BCUT2D eigenvalue weighted by Gasteiger charge is -2.23. The minimum atomic E-state index is -4.14. The Kier molecular flexibility index (Phi) is 6.07. The molecule has 0 saturated carbocycles. The SMILES string of the molecule is C=NC#CCC(CCC)C(C)C(F)(F)F. The summed E-state index contributed by atoms with van der Waals surface area (Å²) in [6.45, 7) is 6.23. The van der Waals surface area contributed by atoms with Gasteiger partial charge in [-0.05, 0) is 12.3 Å². The lowest BCUT2D eigenvalue weighted by molar-refractivity contribution is -0.183. The van der Waals surface area contributed by atoms with Gasteiger partial charge in [-0.2, -0.15) is 13.2 Å². The molecule has 2 atom stereocenters. The second-order valence-corrected chi connectivity index (χ2v) is 3.53. The van der Waals surface area contributed by atoms with Gasteiger partial charge in [-0.25, -0.2) is 4.99 Å². The van der Waals surface area contributed by atoms with Crippen molar-refractivity contribution in [1.29, 1.82) is 0 Å². The molecule has 0 N–H and O–H groups in total. The van der Waals surface area contributed by atoms with Crippen LogP contribution in [0.4, 0.5) is 13.2 Å². The van der Waals surface area contributed by atoms with E-state index in [1.165, 1.54) is 6.92 Å². The summed E-state index contributed by atoms with van der Waals surface area (Å²) in [4.78, 5) is 3.30. The van der Waals surface area contributed by atoms with Gasteiger partial charge < -0.3 is 0 Å². The van der Waals surface area contributed by atoms with Crippen LogP contribution in [0.2, 0.25) is 0 Å². The molecule has 0 fully saturated rings. The van der Waals surface area contributed by atoms with Crippen LogP contribution in [0, 0.1) is 23.8 Å². The lowest BCUT2D eigenvalue weighted by atomic mass is 9.87. The van der Waals surface area contributed by atoms with E-state index in [-0.39, 0.29) is 6.42 Å². The third-order valence-electron chi connectivity index (χ3n) is 2.41. The van der Waals surface area contributed by atoms with E-state index in [9.17, 15) is 13.2 Å². The van der Waals surface area contributed by atoms with Gasteiger partial charge in [0.2, 0.25) is 0 Å². The molecule has 4 heteroatoms. The molecule has 0 aromatic heterocycles. The second-order valence-electron chi connectivity index (χ2n) is 3.53. The van der Waals surface area contributed by atoms with Crippen LogP contribution < -0.4 is 0 Å². The first-order chi connectivity index (χ1) is 6.93. The first-order valence-corrected chi connectivity index (χ1v) is 4.93. The first kappa shape index (κ1) is 14.0. The van der Waals surface area contributed by atoms with Gasteiger partial charge in [-0.1, -0.05) is 26.2 Å². The summed E-state index contributed by atoms with van der Waals surface area (Å²) in [7, 11) is 0. The maximum atomic E-state index is 12.4. The van der Waals surface area contributed by atoms with Gasteiger partial charge in [0.15, 0.2) is 0 Å². The Morgan fingerprint density at radius 3 is 2.40 bits per heavy atom. The third kappa shape index (κ3) is 5.46. The average Bonchev–Trinajstić information content (AvgIpc) is 2.14. The summed E-state index contributed by atoms with van der Waals surface area (Å²) in [5.74, 6) is 0.845. The second kappa shape index (κ2) is 6.49. The van der Waals surface area contributed by atoms with Gasteiger partial charge in [0.1, 0.15) is 0 Å². The fourth-order valence-corrected chi connectivity index (χ4v) is 1.40. The van der Waals surface area contributed by atoms with Gasteiger partial charge in [-0.3, -0.25) is 0 Å². The monoisotopic (exact) mass is 219 g/mol. The third-order valence-corrected chi connectivity index (χ3v) is 2.41. The van der Waals surface area contributed by atoms with Gasteiger partial charge in [0.05, 0.1) is 5.92 Å². The lowest BCUT2D eigenvalue weighted by Crippen LogP contribution is -2.27. The van der Waals surface area contributed by atoms with Crippen molar-refractivity contribution in [1.82, 2.24) is 0 Å². The van der Waals surface area contributed by atoms with E-state index in [1.807, 2.05) is 6.92 Å². The molecule has 0 amide bonds. The quantitative estimate of drug-likeness (QED) is 0.505. The summed E-state index contributed by atoms with van der Waals surface area (Å²) in [6, 6.07) is 2.34. The summed E-state index contributed by atoms with van der Waals surface area (Å²) in [6.07, 6.45) is -2.64. The Balaban J connectivity index is 4.44. The largest absolute Gasteiger partial charge is 0.391 e. The molecule has 15 heavy (non-hydrogen) atoms. The number of alkyl halides is 3. The van der Waals surface area contributed by atoms with Gasteiger partial charge >= 0.3 is 6.18 Å². The predicted octanol–water partition coefficient (Wildman–Crippen LogP) is 3.65. The molecule has 1 nitrogen and oxygen atoms in total. The average molecular weight is 219 g/mol. The zero-order valence-corrected chi connectivity index (χ0v) is 9.06. The maximum absolute atomic E-state index is 12.4. The van der Waals surface area contributed by atoms with Crippen molar-refractivity contribution >= 4 is 6.72 Å². The smallest absolute Gasteiger partial charge is 0.214 e. The van der Waals surface area contributed by atoms with Crippen molar-refractivity contribution in [3.05, 3.63) is 0 Å². The molecule has 0 aliphatic rings. The van der Waals surface area contributed by atoms with Gasteiger partial charge in [-0.15, -0.1) is 0 Å². The number of hydrogen-bond donors (Lipinski definition) is 0. The Hall–Kier alpha value is -0.980. The van der Waals surface area contributed by atoms with Crippen molar-refractivity contribution in [3.8, 4) is 12.0 Å². The zero-order chi connectivity index (χ0) is 11.9. The molecule has 0 saturated heterocycles. The molecule has 2 unspecified atom stereocenters. The number of halogens is 3. The molecule has 0 aromatic rings. The van der Waals surface area contributed by atoms with Crippen LogP contribution in [0.3, 0.4) is 0 Å². The molecule has 0 bridgehead atoms. The Labute approximate surface area is 88.8 Å². The van der Waals surface area contributed by atoms with Crippen LogP contribution in [0.1, 0.15) is 33.1 Å². The highest BCUT2D eigenvalue weighted by atomic mass is 19.4. The normalized spacial score (nSPS) is 15.0. The van der Waals surface area contributed by atoms with Crippen molar-refractivity contribution in [2.75, 3.05) is 0 Å². The number of nitrogens with zero attached hydrogens (tertiary/aromatic N) is 1. The Morgan fingerprint density at radius 1 is 1.40 bits per heavy atom. The summed E-state index contributed by atoms with van der Waals surface area (Å²) < 4.78 is 37.3. The number of hydrogen-bond acceptors (Lipinski definition) is 1. The van der Waals surface area contributed by atoms with E-state index in [1.54, 1.807) is 0 Å². The molecule has 0 spiro atoms. The Bertz CT molecular complexity index is 247. The molecule has 0 radical (unpaired) electrons. The highest BCUT2D eigenvalue weighted by molar-refractivity contribution is 5.28. The molecular weight excluding hydrogens is 203 g/mol. The van der Waals surface area contributed by atoms with Crippen molar-refractivity contribution < 1.29 is 13.2 Å². The van der Waals surface area contributed by atoms with Crippen LogP contribution in [0.25, 0.3) is 0 Å². The van der Waals surface area contributed by atoms with Crippen LogP contribution >= 0.6 is 0 Å². The van der Waals surface area contributed by atoms with Crippen LogP contribution in [-0.4, -0.2) is 12.9 Å². The number of aliphatic imine (C=N–C) groups is 1. The minimum absolute atomic E-state index is 0.230. The van der Waals surface area contributed by atoms with Crippen molar-refractivity contribution in [2.24, 2.45) is 16.8 Å². The molecule has 0 rings (SSSR count). The molecule has 0 aliphatic heterocycles. The van der Waals surface area contributed by atoms with Gasteiger partial charge in [0.25, 0.3) is 0 Å². The van der Waals surface area contributed by atoms with Crippen LogP contribution in [-0.2, 0) is 0 Å². The molecule has 0 aliphatic carbocycles. The number of rotatable bonds is 4. The van der Waals surface area contributed by atoms with Crippen LogP contribution in [0.15, 0.2) is 4.99 Å². The Morgan fingerprint density at radius 2 is 2.00 bits per heavy atom. The van der Waals surface area contributed by atoms with E-state index < -0.39 is 18.0 Å². The van der Waals surface area contributed by atoms with E-state index in [0.717, 1.165) is 6.42 Å². The minimum Gasteiger partial charge on any atom is -0.214 e. The highest BCUT2D eigenvalue weighted by Crippen LogP contribution is 2.35. The molecule has 0 heterocycles. The van der Waals surface area contributed by atoms with E-state index >= 15 is 0 Å². The predicted molar refractivity (Wildman–Crippen MR) is 55.6 cm³/mol. The van der Waals surface area contributed by atoms with E-state index in [2.05, 4.69) is 23.7 Å². The van der Waals surface area contributed by atoms with Crippen LogP contribution in [0.5, 0.6) is 0 Å². The molecule has 86 valence electrons. The van der Waals surface area contributed by atoms with E-state index in [4.69, 9.17) is 0 Å². The highest BCUT2D eigenvalue weighted by Gasteiger charge is 2.40. The summed E-state index contributed by atoms with van der Waals surface area (Å²) in [5, 5.41) is 0. The zero-order valence-electron chi connectivity index (χ0n) is 9.06. The van der Waals surface area contributed by atoms with E-state index in [0.29, 0.717) is 6.42 Å². The van der Waals surface area contributed by atoms with Crippen molar-refractivity contribution in [3.63, 3.8) is 0 Å². The standard InChI is InChI=1S/C11H16F3N/c1-4-6-10(7-5-8-15-3)9(2)11(12,13)14/h9-10H,3-4,6-7H2,1-2H3. The topological polar surface area (TPSA) is 12.4 Å². The summed E-state index contributed by atoms with van der Waals surface area (Å²) >= 11 is 0.